The predicted octanol–water partition coefficient (Wildman–Crippen LogP) is 4.37. The summed E-state index contributed by atoms with van der Waals surface area (Å²) in [6.07, 6.45) is 1.05. The Morgan fingerprint density at radius 2 is 2.04 bits per heavy atom. The van der Waals surface area contributed by atoms with Gasteiger partial charge in [-0.05, 0) is 42.3 Å². The largest absolute Gasteiger partial charge is 0.465 e. The van der Waals surface area contributed by atoms with Crippen molar-refractivity contribution in [2.45, 2.75) is 18.6 Å². The summed E-state index contributed by atoms with van der Waals surface area (Å²) in [5.74, 6) is 0.0279. The molecule has 0 spiro atoms. The first-order valence-electron chi connectivity index (χ1n) is 8.03. The Morgan fingerprint density at radius 1 is 1.25 bits per heavy atom. The molecule has 2 aromatic rings. The van der Waals surface area contributed by atoms with Crippen LogP contribution in [0.1, 0.15) is 40.1 Å². The van der Waals surface area contributed by atoms with Crippen LogP contribution in [0.4, 0.5) is 5.69 Å². The van der Waals surface area contributed by atoms with Crippen LogP contribution in [-0.2, 0) is 9.47 Å². The standard InChI is InChI=1S/C19H18ClNO3/c1-23-19(22)12-4-2-11(3-5-12)17-14-8-9-24-18(14)15-10-13(20)6-7-16(15)21-17/h2-7,10,14,17-18,21H,8-9H2,1H3/t14-,17+,18+/m1/s1. The normalized spacial score (nSPS) is 24.7. The number of benzene rings is 2. The highest BCUT2D eigenvalue weighted by molar-refractivity contribution is 6.30. The molecular weight excluding hydrogens is 326 g/mol. The molecule has 0 amide bonds. The molecule has 0 aliphatic carbocycles. The van der Waals surface area contributed by atoms with Crippen LogP contribution in [0.25, 0.3) is 0 Å². The van der Waals surface area contributed by atoms with Gasteiger partial charge in [0, 0.05) is 28.8 Å². The van der Waals surface area contributed by atoms with Gasteiger partial charge in [0.15, 0.2) is 0 Å². The van der Waals surface area contributed by atoms with Gasteiger partial charge in [-0.3, -0.25) is 0 Å². The lowest BCUT2D eigenvalue weighted by atomic mass is 9.81. The molecule has 0 bridgehead atoms. The maximum atomic E-state index is 11.6. The first-order valence-corrected chi connectivity index (χ1v) is 8.41. The lowest BCUT2D eigenvalue weighted by Gasteiger charge is -2.36. The minimum Gasteiger partial charge on any atom is -0.465 e. The minimum atomic E-state index is -0.319. The van der Waals surface area contributed by atoms with Crippen LogP contribution in [0.3, 0.4) is 0 Å². The fraction of sp³-hybridized carbons (Fsp3) is 0.316. The molecule has 2 aromatic carbocycles. The van der Waals surface area contributed by atoms with Gasteiger partial charge in [0.05, 0.1) is 24.8 Å². The van der Waals surface area contributed by atoms with E-state index in [9.17, 15) is 4.79 Å². The number of rotatable bonds is 2. The summed E-state index contributed by atoms with van der Waals surface area (Å²) in [6.45, 7) is 0.750. The number of carbonyl (C=O) groups is 1. The van der Waals surface area contributed by atoms with Crippen molar-refractivity contribution in [2.75, 3.05) is 19.0 Å². The number of anilines is 1. The maximum absolute atomic E-state index is 11.6. The van der Waals surface area contributed by atoms with Gasteiger partial charge in [0.25, 0.3) is 0 Å². The molecule has 2 heterocycles. The third kappa shape index (κ3) is 2.56. The van der Waals surface area contributed by atoms with E-state index in [-0.39, 0.29) is 18.1 Å². The van der Waals surface area contributed by atoms with E-state index in [4.69, 9.17) is 21.1 Å². The summed E-state index contributed by atoms with van der Waals surface area (Å²) in [5.41, 5.74) is 3.89. The number of fused-ring (bicyclic) bond motifs is 3. The van der Waals surface area contributed by atoms with E-state index in [2.05, 4.69) is 5.32 Å². The number of nitrogens with one attached hydrogen (secondary N) is 1. The SMILES string of the molecule is COC(=O)c1ccc([C@@H]2Nc3ccc(Cl)cc3[C@H]3OCC[C@@H]32)cc1. The summed E-state index contributed by atoms with van der Waals surface area (Å²) in [5, 5.41) is 4.35. The molecule has 0 saturated carbocycles. The van der Waals surface area contributed by atoms with E-state index in [0.29, 0.717) is 11.5 Å². The van der Waals surface area contributed by atoms with Crippen molar-refractivity contribution in [3.05, 3.63) is 64.2 Å². The summed E-state index contributed by atoms with van der Waals surface area (Å²) in [7, 11) is 1.39. The van der Waals surface area contributed by atoms with Crippen molar-refractivity contribution in [3.8, 4) is 0 Å². The smallest absolute Gasteiger partial charge is 0.337 e. The number of esters is 1. The molecule has 5 heteroatoms. The van der Waals surface area contributed by atoms with Gasteiger partial charge in [0.2, 0.25) is 0 Å². The number of methoxy groups -OCH3 is 1. The third-order valence-electron chi connectivity index (χ3n) is 4.89. The van der Waals surface area contributed by atoms with Crippen LogP contribution in [0.15, 0.2) is 42.5 Å². The quantitative estimate of drug-likeness (QED) is 0.822. The van der Waals surface area contributed by atoms with E-state index in [0.717, 1.165) is 34.9 Å². The molecule has 2 aliphatic heterocycles. The predicted molar refractivity (Wildman–Crippen MR) is 92.4 cm³/mol. The number of hydrogen-bond acceptors (Lipinski definition) is 4. The number of hydrogen-bond donors (Lipinski definition) is 1. The number of ether oxygens (including phenoxy) is 2. The Kier molecular flexibility index (Phi) is 3.94. The zero-order valence-corrected chi connectivity index (χ0v) is 14.0. The first-order chi connectivity index (χ1) is 11.7. The second-order valence-electron chi connectivity index (χ2n) is 6.21. The molecule has 0 radical (unpaired) electrons. The van der Waals surface area contributed by atoms with Gasteiger partial charge >= 0.3 is 5.97 Å². The monoisotopic (exact) mass is 343 g/mol. The fourth-order valence-electron chi connectivity index (χ4n) is 3.72. The van der Waals surface area contributed by atoms with E-state index >= 15 is 0 Å². The summed E-state index contributed by atoms with van der Waals surface area (Å²) >= 11 is 6.15. The fourth-order valence-corrected chi connectivity index (χ4v) is 3.90. The van der Waals surface area contributed by atoms with Crippen molar-refractivity contribution in [1.29, 1.82) is 0 Å². The Morgan fingerprint density at radius 3 is 2.79 bits per heavy atom. The lowest BCUT2D eigenvalue weighted by molar-refractivity contribution is 0.0600. The molecule has 4 rings (SSSR count). The van der Waals surface area contributed by atoms with Gasteiger partial charge in [-0.2, -0.15) is 0 Å². The summed E-state index contributed by atoms with van der Waals surface area (Å²) in [6, 6.07) is 13.6. The van der Waals surface area contributed by atoms with E-state index in [1.54, 1.807) is 0 Å². The average Bonchev–Trinajstić information content (AvgIpc) is 3.11. The van der Waals surface area contributed by atoms with Crippen molar-refractivity contribution >= 4 is 23.3 Å². The number of carbonyl (C=O) groups excluding carboxylic acids is 1. The molecule has 1 fully saturated rings. The van der Waals surface area contributed by atoms with Crippen molar-refractivity contribution in [3.63, 3.8) is 0 Å². The van der Waals surface area contributed by atoms with Crippen molar-refractivity contribution < 1.29 is 14.3 Å². The van der Waals surface area contributed by atoms with Gasteiger partial charge in [-0.15, -0.1) is 0 Å². The Hall–Kier alpha value is -2.04. The highest BCUT2D eigenvalue weighted by Gasteiger charge is 2.41. The number of halogens is 1. The molecular formula is C19H18ClNO3. The maximum Gasteiger partial charge on any atom is 0.337 e. The summed E-state index contributed by atoms with van der Waals surface area (Å²) in [4.78, 5) is 11.6. The van der Waals surface area contributed by atoms with Crippen LogP contribution in [-0.4, -0.2) is 19.7 Å². The molecule has 2 aliphatic rings. The second kappa shape index (κ2) is 6.11. The van der Waals surface area contributed by atoms with Gasteiger partial charge in [-0.1, -0.05) is 23.7 Å². The van der Waals surface area contributed by atoms with Crippen LogP contribution in [0, 0.1) is 5.92 Å². The molecule has 3 atom stereocenters. The zero-order chi connectivity index (χ0) is 16.7. The van der Waals surface area contributed by atoms with Crippen LogP contribution in [0.5, 0.6) is 0 Å². The van der Waals surface area contributed by atoms with E-state index < -0.39 is 0 Å². The lowest BCUT2D eigenvalue weighted by Crippen LogP contribution is -2.29. The first kappa shape index (κ1) is 15.5. The van der Waals surface area contributed by atoms with Crippen LogP contribution >= 0.6 is 11.6 Å². The second-order valence-corrected chi connectivity index (χ2v) is 6.65. The molecule has 1 N–H and O–H groups in total. The minimum absolute atomic E-state index is 0.0604. The third-order valence-corrected chi connectivity index (χ3v) is 5.12. The molecule has 0 aromatic heterocycles. The highest BCUT2D eigenvalue weighted by atomic mass is 35.5. The zero-order valence-electron chi connectivity index (χ0n) is 13.3. The Bertz CT molecular complexity index is 775. The summed E-state index contributed by atoms with van der Waals surface area (Å²) < 4.78 is 10.8. The molecule has 4 nitrogen and oxygen atoms in total. The van der Waals surface area contributed by atoms with Gasteiger partial charge in [0.1, 0.15) is 0 Å². The van der Waals surface area contributed by atoms with Crippen molar-refractivity contribution in [1.82, 2.24) is 0 Å². The van der Waals surface area contributed by atoms with Crippen LogP contribution in [0.2, 0.25) is 5.02 Å². The average molecular weight is 344 g/mol. The van der Waals surface area contributed by atoms with E-state index in [1.807, 2.05) is 42.5 Å². The molecule has 0 unspecified atom stereocenters. The molecule has 24 heavy (non-hydrogen) atoms. The molecule has 124 valence electrons. The van der Waals surface area contributed by atoms with Gasteiger partial charge in [-0.25, -0.2) is 4.79 Å². The van der Waals surface area contributed by atoms with Crippen LogP contribution < -0.4 is 5.32 Å². The van der Waals surface area contributed by atoms with Gasteiger partial charge < -0.3 is 14.8 Å². The topological polar surface area (TPSA) is 47.6 Å². The van der Waals surface area contributed by atoms with E-state index in [1.165, 1.54) is 7.11 Å². The highest BCUT2D eigenvalue weighted by Crippen LogP contribution is 2.50. The van der Waals surface area contributed by atoms with Crippen molar-refractivity contribution in [2.24, 2.45) is 5.92 Å². The Balaban J connectivity index is 1.68. The molecule has 1 saturated heterocycles. The Labute approximate surface area is 145 Å².